The lowest BCUT2D eigenvalue weighted by atomic mass is 10.0. The summed E-state index contributed by atoms with van der Waals surface area (Å²) in [5, 5.41) is 36.6. The van der Waals surface area contributed by atoms with Crippen LogP contribution in [0.3, 0.4) is 0 Å². The van der Waals surface area contributed by atoms with Gasteiger partial charge in [0, 0.05) is 13.2 Å². The Morgan fingerprint density at radius 3 is 1.32 bits per heavy atom. The maximum atomic E-state index is 9.75. The first-order chi connectivity index (χ1) is 10.7. The van der Waals surface area contributed by atoms with Gasteiger partial charge < -0.3 is 20.4 Å². The number of aliphatic hydroxyl groups is 4. The highest BCUT2D eigenvalue weighted by atomic mass is 16.3. The van der Waals surface area contributed by atoms with E-state index in [1.54, 1.807) is 0 Å². The molecule has 0 radical (unpaired) electrons. The molecule has 4 N–H and O–H groups in total. The van der Waals surface area contributed by atoms with Crippen molar-refractivity contribution in [3.8, 4) is 0 Å². The first kappa shape index (κ1) is 21.8. The number of aliphatic hydroxyl groups excluding tert-OH is 4. The molecule has 0 aromatic carbocycles. The maximum Gasteiger partial charge on any atom is 0.0586 e. The fourth-order valence-corrected chi connectivity index (χ4v) is 2.78. The van der Waals surface area contributed by atoms with E-state index in [-0.39, 0.29) is 6.61 Å². The van der Waals surface area contributed by atoms with Gasteiger partial charge in [-0.15, -0.1) is 0 Å². The van der Waals surface area contributed by atoms with E-state index in [1.165, 1.54) is 44.9 Å². The van der Waals surface area contributed by atoms with Crippen LogP contribution in [-0.4, -0.2) is 45.8 Å². The maximum absolute atomic E-state index is 9.75. The zero-order valence-corrected chi connectivity index (χ0v) is 14.3. The minimum absolute atomic E-state index is 0.0185. The second kappa shape index (κ2) is 17.2. The monoisotopic (exact) mass is 318 g/mol. The van der Waals surface area contributed by atoms with Gasteiger partial charge in [-0.2, -0.15) is 0 Å². The van der Waals surface area contributed by atoms with E-state index in [9.17, 15) is 10.2 Å². The molecular weight excluding hydrogens is 280 g/mol. The van der Waals surface area contributed by atoms with Gasteiger partial charge in [-0.05, 0) is 25.7 Å². The average Bonchev–Trinajstić information content (AvgIpc) is 2.48. The van der Waals surface area contributed by atoms with Crippen LogP contribution in [0.25, 0.3) is 0 Å². The van der Waals surface area contributed by atoms with Crippen LogP contribution < -0.4 is 0 Å². The lowest BCUT2D eigenvalue weighted by Gasteiger charge is -2.14. The summed E-state index contributed by atoms with van der Waals surface area (Å²) in [4.78, 5) is 0. The molecule has 4 heteroatoms. The van der Waals surface area contributed by atoms with Crippen molar-refractivity contribution in [3.63, 3.8) is 0 Å². The molecule has 2 unspecified atom stereocenters. The van der Waals surface area contributed by atoms with Gasteiger partial charge >= 0.3 is 0 Å². The Bertz CT molecular complexity index is 211. The van der Waals surface area contributed by atoms with Crippen LogP contribution in [0.5, 0.6) is 0 Å². The Hall–Kier alpha value is -0.160. The van der Waals surface area contributed by atoms with Crippen LogP contribution in [0.1, 0.15) is 89.9 Å². The highest BCUT2D eigenvalue weighted by Gasteiger charge is 2.10. The Balaban J connectivity index is 3.16. The van der Waals surface area contributed by atoms with Crippen LogP contribution in [0.4, 0.5) is 0 Å². The normalized spacial score (nSPS) is 14.2. The molecule has 0 aromatic heterocycles. The standard InChI is InChI=1S/C18H38O4/c19-14-11-9-7-5-3-1-2-4-6-8-10-12-17(21)16-18(22)13-15-20/h17-22H,1-16H2. The predicted molar refractivity (Wildman–Crippen MR) is 90.8 cm³/mol. The molecule has 0 saturated carbocycles. The Morgan fingerprint density at radius 1 is 0.455 bits per heavy atom. The van der Waals surface area contributed by atoms with Gasteiger partial charge in [0.2, 0.25) is 0 Å². The first-order valence-corrected chi connectivity index (χ1v) is 9.28. The molecular formula is C18H38O4. The molecule has 0 saturated heterocycles. The molecule has 0 spiro atoms. The Labute approximate surface area is 136 Å². The third-order valence-corrected chi connectivity index (χ3v) is 4.20. The minimum Gasteiger partial charge on any atom is -0.396 e. The van der Waals surface area contributed by atoms with Crippen molar-refractivity contribution in [2.45, 2.75) is 102 Å². The molecule has 2 atom stereocenters. The summed E-state index contributed by atoms with van der Waals surface area (Å²) in [6, 6.07) is 0. The van der Waals surface area contributed by atoms with Crippen LogP contribution in [0, 0.1) is 0 Å². The van der Waals surface area contributed by atoms with Crippen molar-refractivity contribution in [2.75, 3.05) is 13.2 Å². The molecule has 0 aromatic rings. The molecule has 0 aliphatic heterocycles. The second-order valence-electron chi connectivity index (χ2n) is 6.46. The van der Waals surface area contributed by atoms with Crippen LogP contribution in [0.2, 0.25) is 0 Å². The molecule has 0 aliphatic carbocycles. The van der Waals surface area contributed by atoms with E-state index in [0.717, 1.165) is 32.1 Å². The highest BCUT2D eigenvalue weighted by molar-refractivity contribution is 4.63. The van der Waals surface area contributed by atoms with Crippen molar-refractivity contribution in [3.05, 3.63) is 0 Å². The number of unbranched alkanes of at least 4 members (excludes halogenated alkanes) is 10. The van der Waals surface area contributed by atoms with Gasteiger partial charge in [0.1, 0.15) is 0 Å². The highest BCUT2D eigenvalue weighted by Crippen LogP contribution is 2.14. The average molecular weight is 318 g/mol. The van der Waals surface area contributed by atoms with Gasteiger partial charge in [0.05, 0.1) is 12.2 Å². The topological polar surface area (TPSA) is 80.9 Å². The first-order valence-electron chi connectivity index (χ1n) is 9.28. The van der Waals surface area contributed by atoms with E-state index in [0.29, 0.717) is 19.4 Å². The van der Waals surface area contributed by atoms with E-state index in [2.05, 4.69) is 0 Å². The van der Waals surface area contributed by atoms with Crippen molar-refractivity contribution in [1.82, 2.24) is 0 Å². The molecule has 22 heavy (non-hydrogen) atoms. The summed E-state index contributed by atoms with van der Waals surface area (Å²) < 4.78 is 0. The van der Waals surface area contributed by atoms with E-state index >= 15 is 0 Å². The van der Waals surface area contributed by atoms with Crippen LogP contribution in [-0.2, 0) is 0 Å². The fraction of sp³-hybridized carbons (Fsp3) is 1.00. The van der Waals surface area contributed by atoms with Gasteiger partial charge in [-0.1, -0.05) is 64.2 Å². The van der Waals surface area contributed by atoms with Crippen molar-refractivity contribution in [1.29, 1.82) is 0 Å². The SMILES string of the molecule is OCCCCCCCCCCCCCC(O)CC(O)CCO. The van der Waals surface area contributed by atoms with Crippen molar-refractivity contribution in [2.24, 2.45) is 0 Å². The molecule has 0 heterocycles. The summed E-state index contributed by atoms with van der Waals surface area (Å²) in [7, 11) is 0. The molecule has 0 fully saturated rings. The third-order valence-electron chi connectivity index (χ3n) is 4.20. The fourth-order valence-electron chi connectivity index (χ4n) is 2.78. The van der Waals surface area contributed by atoms with Crippen molar-refractivity contribution >= 4 is 0 Å². The van der Waals surface area contributed by atoms with Gasteiger partial charge in [-0.3, -0.25) is 0 Å². The van der Waals surface area contributed by atoms with E-state index in [1.807, 2.05) is 0 Å². The number of rotatable bonds is 17. The summed E-state index contributed by atoms with van der Waals surface area (Å²) in [5.74, 6) is 0. The molecule has 0 bridgehead atoms. The number of hydrogen-bond acceptors (Lipinski definition) is 4. The van der Waals surface area contributed by atoms with Crippen molar-refractivity contribution < 1.29 is 20.4 Å². The molecule has 0 amide bonds. The summed E-state index contributed by atoms with van der Waals surface area (Å²) in [6.45, 7) is 0.310. The molecule has 4 nitrogen and oxygen atoms in total. The predicted octanol–water partition coefficient (Wildman–Crippen LogP) is 3.15. The van der Waals surface area contributed by atoms with E-state index < -0.39 is 12.2 Å². The van der Waals surface area contributed by atoms with Crippen LogP contribution in [0.15, 0.2) is 0 Å². The summed E-state index contributed by atoms with van der Waals surface area (Å²) >= 11 is 0. The summed E-state index contributed by atoms with van der Waals surface area (Å²) in [6.07, 6.45) is 13.8. The largest absolute Gasteiger partial charge is 0.396 e. The smallest absolute Gasteiger partial charge is 0.0586 e. The van der Waals surface area contributed by atoms with Gasteiger partial charge in [-0.25, -0.2) is 0 Å². The third kappa shape index (κ3) is 16.2. The second-order valence-corrected chi connectivity index (χ2v) is 6.46. The minimum atomic E-state index is -0.572. The van der Waals surface area contributed by atoms with Gasteiger partial charge in [0.15, 0.2) is 0 Å². The van der Waals surface area contributed by atoms with E-state index in [4.69, 9.17) is 10.2 Å². The van der Waals surface area contributed by atoms with Crippen LogP contribution >= 0.6 is 0 Å². The lowest BCUT2D eigenvalue weighted by molar-refractivity contribution is 0.0591. The zero-order valence-electron chi connectivity index (χ0n) is 14.3. The van der Waals surface area contributed by atoms with Gasteiger partial charge in [0.25, 0.3) is 0 Å². The number of hydrogen-bond donors (Lipinski definition) is 4. The molecule has 0 aliphatic rings. The quantitative estimate of drug-likeness (QED) is 0.311. The Morgan fingerprint density at radius 2 is 0.864 bits per heavy atom. The lowest BCUT2D eigenvalue weighted by Crippen LogP contribution is -2.18. The Kier molecular flexibility index (Phi) is 17.1. The zero-order chi connectivity index (χ0) is 16.5. The molecule has 134 valence electrons. The molecule has 0 rings (SSSR count). The summed E-state index contributed by atoms with van der Waals surface area (Å²) in [5.41, 5.74) is 0.